The van der Waals surface area contributed by atoms with Crippen LogP contribution < -0.4 is 9.64 Å². The van der Waals surface area contributed by atoms with Gasteiger partial charge in [-0.05, 0) is 55.7 Å². The zero-order valence-electron chi connectivity index (χ0n) is 22.5. The Balaban J connectivity index is 1.49. The fraction of sp³-hybridized carbons (Fsp3) is 0.226. The van der Waals surface area contributed by atoms with E-state index in [0.29, 0.717) is 38.7 Å². The van der Waals surface area contributed by atoms with Crippen molar-refractivity contribution >= 4 is 45.7 Å². The summed E-state index contributed by atoms with van der Waals surface area (Å²) in [5.74, 6) is -0.391. The van der Waals surface area contributed by atoms with E-state index < -0.39 is 17.7 Å². The number of aromatic nitrogens is 2. The number of carbonyl (C=O) groups excluding carboxylic acids is 2. The zero-order chi connectivity index (χ0) is 28.2. The molecule has 1 aliphatic heterocycles. The van der Waals surface area contributed by atoms with E-state index >= 15 is 0 Å². The summed E-state index contributed by atoms with van der Waals surface area (Å²) in [6.07, 6.45) is 0.875. The van der Waals surface area contributed by atoms with Crippen molar-refractivity contribution in [2.24, 2.45) is 0 Å². The third-order valence-corrected chi connectivity index (χ3v) is 8.65. The Hall–Kier alpha value is -3.95. The fourth-order valence-corrected chi connectivity index (χ4v) is 6.19. The number of nitrogens with zero attached hydrogens (tertiary/aromatic N) is 3. The number of carbonyl (C=O) groups is 2. The predicted octanol–water partition coefficient (Wildman–Crippen LogP) is 6.86. The molecular formula is C31H29N3O4S2. The van der Waals surface area contributed by atoms with E-state index in [9.17, 15) is 14.7 Å². The van der Waals surface area contributed by atoms with Gasteiger partial charge in [0, 0.05) is 11.3 Å². The first kappa shape index (κ1) is 27.6. The highest BCUT2D eigenvalue weighted by molar-refractivity contribution is 8.00. The number of benzene rings is 3. The van der Waals surface area contributed by atoms with Gasteiger partial charge in [-0.1, -0.05) is 89.7 Å². The third-order valence-electron chi connectivity index (χ3n) is 6.52. The van der Waals surface area contributed by atoms with Gasteiger partial charge in [-0.25, -0.2) is 0 Å². The van der Waals surface area contributed by atoms with Crippen molar-refractivity contribution in [3.05, 3.63) is 106 Å². The van der Waals surface area contributed by atoms with Gasteiger partial charge >= 0.3 is 5.91 Å². The molecule has 0 saturated carbocycles. The summed E-state index contributed by atoms with van der Waals surface area (Å²) in [7, 11) is 0. The largest absolute Gasteiger partial charge is 0.507 e. The van der Waals surface area contributed by atoms with Gasteiger partial charge in [0.2, 0.25) is 5.13 Å². The summed E-state index contributed by atoms with van der Waals surface area (Å²) in [5.41, 5.74) is 4.51. The minimum Gasteiger partial charge on any atom is -0.507 e. The summed E-state index contributed by atoms with van der Waals surface area (Å²) in [6, 6.07) is 21.8. The van der Waals surface area contributed by atoms with Crippen LogP contribution in [0.1, 0.15) is 47.2 Å². The van der Waals surface area contributed by atoms with E-state index in [-0.39, 0.29) is 11.3 Å². The lowest BCUT2D eigenvalue weighted by Gasteiger charge is -2.22. The standard InChI is InChI=1S/C31H29N3O4S2/c1-4-17-38-24-15-13-23(14-16-24)27(35)25-26(22-11-7-20(3)8-12-22)34(29(37)28(25)36)30-32-33-31(40-30)39-18-21-9-5-19(2)6-10-21/h5-16,26,35H,4,17-18H2,1-3H3/b27-25-. The molecule has 1 aliphatic rings. The van der Waals surface area contributed by atoms with Crippen molar-refractivity contribution in [3.8, 4) is 5.75 Å². The second kappa shape index (κ2) is 12.1. The second-order valence-corrected chi connectivity index (χ2v) is 11.8. The van der Waals surface area contributed by atoms with Crippen LogP contribution in [0.4, 0.5) is 5.13 Å². The molecule has 1 saturated heterocycles. The molecule has 1 amide bonds. The van der Waals surface area contributed by atoms with E-state index in [4.69, 9.17) is 4.74 Å². The van der Waals surface area contributed by atoms with Gasteiger partial charge in [-0.15, -0.1) is 10.2 Å². The highest BCUT2D eigenvalue weighted by atomic mass is 32.2. The first-order valence-electron chi connectivity index (χ1n) is 13.0. The average Bonchev–Trinajstić information content (AvgIpc) is 3.54. The van der Waals surface area contributed by atoms with Gasteiger partial charge in [0.25, 0.3) is 5.78 Å². The molecule has 1 fully saturated rings. The SMILES string of the molecule is CCCOc1ccc(/C(O)=C2/C(=O)C(=O)N(c3nnc(SCc4ccc(C)cc4)s3)C2c2ccc(C)cc2)cc1. The Morgan fingerprint density at radius 2 is 1.60 bits per heavy atom. The van der Waals surface area contributed by atoms with Crippen LogP contribution in [0.5, 0.6) is 5.75 Å². The van der Waals surface area contributed by atoms with Gasteiger partial charge in [0.1, 0.15) is 11.5 Å². The number of Topliss-reactive ketones (excluding diaryl/α,β-unsaturated/α-hetero) is 1. The van der Waals surface area contributed by atoms with Crippen LogP contribution in [-0.2, 0) is 15.3 Å². The van der Waals surface area contributed by atoms with Crippen molar-refractivity contribution in [2.75, 3.05) is 11.5 Å². The van der Waals surface area contributed by atoms with E-state index in [1.165, 1.54) is 33.6 Å². The molecule has 204 valence electrons. The molecule has 0 aliphatic carbocycles. The van der Waals surface area contributed by atoms with Crippen LogP contribution in [0, 0.1) is 13.8 Å². The van der Waals surface area contributed by atoms with Crippen molar-refractivity contribution in [2.45, 2.75) is 43.3 Å². The molecule has 1 N–H and O–H groups in total. The number of anilines is 1. The van der Waals surface area contributed by atoms with Gasteiger partial charge < -0.3 is 9.84 Å². The summed E-state index contributed by atoms with van der Waals surface area (Å²) < 4.78 is 6.33. The maximum absolute atomic E-state index is 13.4. The van der Waals surface area contributed by atoms with Gasteiger partial charge in [0.15, 0.2) is 4.34 Å². The normalized spacial score (nSPS) is 16.5. The lowest BCUT2D eigenvalue weighted by Crippen LogP contribution is -2.29. The fourth-order valence-electron chi connectivity index (χ4n) is 4.37. The Labute approximate surface area is 241 Å². The van der Waals surface area contributed by atoms with Crippen LogP contribution in [0.2, 0.25) is 0 Å². The number of rotatable bonds is 9. The lowest BCUT2D eigenvalue weighted by atomic mass is 9.95. The maximum atomic E-state index is 13.4. The molecule has 5 rings (SSSR count). The number of aliphatic hydroxyl groups is 1. The van der Waals surface area contributed by atoms with Crippen LogP contribution >= 0.6 is 23.1 Å². The van der Waals surface area contributed by atoms with Crippen LogP contribution in [0.15, 0.2) is 82.7 Å². The molecule has 7 nitrogen and oxygen atoms in total. The Morgan fingerprint density at radius 1 is 0.950 bits per heavy atom. The number of aryl methyl sites for hydroxylation is 2. The van der Waals surface area contributed by atoms with Gasteiger partial charge in [0.05, 0.1) is 18.2 Å². The van der Waals surface area contributed by atoms with Crippen molar-refractivity contribution < 1.29 is 19.4 Å². The van der Waals surface area contributed by atoms with Gasteiger partial charge in [-0.2, -0.15) is 0 Å². The maximum Gasteiger partial charge on any atom is 0.301 e. The summed E-state index contributed by atoms with van der Waals surface area (Å²) in [4.78, 5) is 28.2. The molecule has 1 unspecified atom stereocenters. The number of ketones is 1. The number of thioether (sulfide) groups is 1. The zero-order valence-corrected chi connectivity index (χ0v) is 24.1. The van der Waals surface area contributed by atoms with Crippen LogP contribution in [0.25, 0.3) is 5.76 Å². The molecule has 1 aromatic heterocycles. The first-order chi connectivity index (χ1) is 19.4. The molecule has 4 aromatic rings. The summed E-state index contributed by atoms with van der Waals surface area (Å²) >= 11 is 2.77. The third kappa shape index (κ3) is 5.80. The molecular weight excluding hydrogens is 542 g/mol. The molecule has 3 aromatic carbocycles. The van der Waals surface area contributed by atoms with Crippen LogP contribution in [0.3, 0.4) is 0 Å². The molecule has 9 heteroatoms. The Morgan fingerprint density at radius 3 is 2.25 bits per heavy atom. The monoisotopic (exact) mass is 571 g/mol. The molecule has 2 heterocycles. The molecule has 40 heavy (non-hydrogen) atoms. The number of aliphatic hydroxyl groups excluding tert-OH is 1. The van der Waals surface area contributed by atoms with E-state index in [2.05, 4.69) is 34.5 Å². The quantitative estimate of drug-likeness (QED) is 0.0771. The molecule has 0 radical (unpaired) electrons. The Kier molecular flexibility index (Phi) is 8.32. The highest BCUT2D eigenvalue weighted by Crippen LogP contribution is 2.44. The van der Waals surface area contributed by atoms with Gasteiger partial charge in [-0.3, -0.25) is 14.5 Å². The first-order valence-corrected chi connectivity index (χ1v) is 14.8. The molecule has 1 atom stereocenters. The number of hydrogen-bond donors (Lipinski definition) is 1. The minimum atomic E-state index is -0.848. The lowest BCUT2D eigenvalue weighted by molar-refractivity contribution is -0.132. The average molecular weight is 572 g/mol. The van der Waals surface area contributed by atoms with Crippen molar-refractivity contribution in [1.29, 1.82) is 0 Å². The topological polar surface area (TPSA) is 92.6 Å². The smallest absolute Gasteiger partial charge is 0.301 e. The van der Waals surface area contributed by atoms with Crippen molar-refractivity contribution in [3.63, 3.8) is 0 Å². The Bertz CT molecular complexity index is 1540. The van der Waals surface area contributed by atoms with Crippen LogP contribution in [-0.4, -0.2) is 33.6 Å². The van der Waals surface area contributed by atoms with E-state index in [0.717, 1.165) is 17.5 Å². The second-order valence-electron chi connectivity index (χ2n) is 9.58. The molecule has 0 bridgehead atoms. The predicted molar refractivity (Wildman–Crippen MR) is 159 cm³/mol. The number of hydrogen-bond acceptors (Lipinski definition) is 8. The minimum absolute atomic E-state index is 0.0140. The molecule has 0 spiro atoms. The van der Waals surface area contributed by atoms with E-state index in [1.807, 2.05) is 45.0 Å². The summed E-state index contributed by atoms with van der Waals surface area (Å²) in [6.45, 7) is 6.61. The highest BCUT2D eigenvalue weighted by Gasteiger charge is 2.48. The van der Waals surface area contributed by atoms with Crippen molar-refractivity contribution in [1.82, 2.24) is 10.2 Å². The number of ether oxygens (including phenoxy) is 1. The summed E-state index contributed by atoms with van der Waals surface area (Å²) in [5, 5.41) is 20.3. The number of amides is 1. The van der Waals surface area contributed by atoms with E-state index in [1.54, 1.807) is 24.3 Å².